The number of carbonyl (C=O) groups is 2. The molecule has 0 saturated heterocycles. The minimum Gasteiger partial charge on any atom is -0.478 e. The van der Waals surface area contributed by atoms with E-state index in [4.69, 9.17) is 10.2 Å². The maximum absolute atomic E-state index is 10.8. The molecule has 2 aromatic rings. The van der Waals surface area contributed by atoms with Gasteiger partial charge in [-0.1, -0.05) is 36.4 Å². The second-order valence-electron chi connectivity index (χ2n) is 3.53. The van der Waals surface area contributed by atoms with Crippen molar-refractivity contribution in [3.05, 3.63) is 71.8 Å². The molecule has 0 aliphatic carbocycles. The van der Waals surface area contributed by atoms with Crippen LogP contribution in [0.2, 0.25) is 0 Å². The van der Waals surface area contributed by atoms with Gasteiger partial charge in [0, 0.05) is 7.11 Å². The minimum atomic E-state index is -0.879. The van der Waals surface area contributed by atoms with Crippen LogP contribution in [-0.4, -0.2) is 36.4 Å². The standard InChI is InChI=1S/C8H8O2.C7H6O2.CH4O/c1-10-8(9)7-5-3-2-4-6-7;8-7(9)6-4-2-1-3-5-6;1-2/h2-6H,1H3;1-5H,(H,8,9);2H,1H3. The van der Waals surface area contributed by atoms with Gasteiger partial charge in [0.15, 0.2) is 0 Å². The van der Waals surface area contributed by atoms with Crippen molar-refractivity contribution in [2.24, 2.45) is 0 Å². The Kier molecular flexibility index (Phi) is 9.77. The summed E-state index contributed by atoms with van der Waals surface area (Å²) in [4.78, 5) is 21.0. The molecule has 0 atom stereocenters. The predicted molar refractivity (Wildman–Crippen MR) is 79.3 cm³/mol. The molecule has 112 valence electrons. The van der Waals surface area contributed by atoms with Crippen molar-refractivity contribution in [3.8, 4) is 0 Å². The highest BCUT2D eigenvalue weighted by molar-refractivity contribution is 5.89. The number of hydrogen-bond acceptors (Lipinski definition) is 4. The van der Waals surface area contributed by atoms with Crippen LogP contribution in [0, 0.1) is 0 Å². The molecule has 2 rings (SSSR count). The van der Waals surface area contributed by atoms with Crippen LogP contribution in [0.1, 0.15) is 20.7 Å². The normalized spacial score (nSPS) is 8.33. The summed E-state index contributed by atoms with van der Waals surface area (Å²) in [5.74, 6) is -1.17. The van der Waals surface area contributed by atoms with Gasteiger partial charge < -0.3 is 14.9 Å². The molecule has 0 fully saturated rings. The number of aliphatic hydroxyl groups excluding tert-OH is 1. The lowest BCUT2D eigenvalue weighted by Crippen LogP contribution is -1.99. The maximum Gasteiger partial charge on any atom is 0.337 e. The summed E-state index contributed by atoms with van der Waals surface area (Å²) in [6, 6.07) is 17.2. The van der Waals surface area contributed by atoms with Crippen molar-refractivity contribution in [2.45, 2.75) is 0 Å². The van der Waals surface area contributed by atoms with Crippen LogP contribution in [0.4, 0.5) is 0 Å². The summed E-state index contributed by atoms with van der Waals surface area (Å²) in [7, 11) is 2.37. The number of aliphatic hydroxyl groups is 1. The first kappa shape index (κ1) is 18.3. The lowest BCUT2D eigenvalue weighted by Gasteiger charge is -1.95. The molecular weight excluding hydrogens is 272 g/mol. The Hall–Kier alpha value is -2.66. The van der Waals surface area contributed by atoms with E-state index in [1.54, 1.807) is 54.6 Å². The zero-order valence-electron chi connectivity index (χ0n) is 11.9. The Bertz CT molecular complexity index is 523. The smallest absolute Gasteiger partial charge is 0.337 e. The average Bonchev–Trinajstić information content (AvgIpc) is 2.58. The summed E-state index contributed by atoms with van der Waals surface area (Å²) in [5.41, 5.74) is 0.919. The highest BCUT2D eigenvalue weighted by atomic mass is 16.5. The zero-order valence-corrected chi connectivity index (χ0v) is 11.9. The van der Waals surface area contributed by atoms with Crippen LogP contribution in [0.25, 0.3) is 0 Å². The lowest BCUT2D eigenvalue weighted by molar-refractivity contribution is 0.0599. The van der Waals surface area contributed by atoms with Gasteiger partial charge in [-0.2, -0.15) is 0 Å². The Balaban J connectivity index is 0.000000342. The molecule has 0 radical (unpaired) electrons. The molecule has 5 heteroatoms. The number of carboxylic acid groups (broad SMARTS) is 1. The largest absolute Gasteiger partial charge is 0.478 e. The van der Waals surface area contributed by atoms with E-state index < -0.39 is 5.97 Å². The Morgan fingerprint density at radius 3 is 1.48 bits per heavy atom. The summed E-state index contributed by atoms with van der Waals surface area (Å²) >= 11 is 0. The van der Waals surface area contributed by atoms with E-state index in [1.165, 1.54) is 7.11 Å². The molecule has 0 bridgehead atoms. The minimum absolute atomic E-state index is 0.291. The molecule has 0 aliphatic rings. The zero-order chi connectivity index (χ0) is 16.1. The lowest BCUT2D eigenvalue weighted by atomic mass is 10.2. The quantitative estimate of drug-likeness (QED) is 0.830. The average molecular weight is 290 g/mol. The third-order valence-electron chi connectivity index (χ3n) is 2.22. The van der Waals surface area contributed by atoms with Crippen molar-refractivity contribution in [3.63, 3.8) is 0 Å². The first-order chi connectivity index (χ1) is 10.1. The number of aromatic carboxylic acids is 1. The van der Waals surface area contributed by atoms with E-state index in [1.807, 2.05) is 6.07 Å². The number of ether oxygens (including phenoxy) is 1. The van der Waals surface area contributed by atoms with Crippen LogP contribution in [0.3, 0.4) is 0 Å². The van der Waals surface area contributed by atoms with Gasteiger partial charge in [0.2, 0.25) is 0 Å². The Morgan fingerprint density at radius 1 is 0.810 bits per heavy atom. The highest BCUT2D eigenvalue weighted by Crippen LogP contribution is 1.99. The fraction of sp³-hybridized carbons (Fsp3) is 0.125. The number of benzene rings is 2. The van der Waals surface area contributed by atoms with E-state index in [0.717, 1.165) is 7.11 Å². The molecule has 0 heterocycles. The van der Waals surface area contributed by atoms with E-state index in [-0.39, 0.29) is 5.97 Å². The number of rotatable bonds is 2. The molecule has 0 saturated carbocycles. The highest BCUT2D eigenvalue weighted by Gasteiger charge is 2.00. The van der Waals surface area contributed by atoms with E-state index >= 15 is 0 Å². The number of esters is 1. The Labute approximate surface area is 123 Å². The van der Waals surface area contributed by atoms with E-state index in [0.29, 0.717) is 11.1 Å². The molecule has 0 aromatic heterocycles. The number of carboxylic acids is 1. The molecule has 0 amide bonds. The molecule has 2 N–H and O–H groups in total. The number of hydrogen-bond donors (Lipinski definition) is 2. The second kappa shape index (κ2) is 11.2. The third kappa shape index (κ3) is 7.49. The number of carbonyl (C=O) groups excluding carboxylic acids is 1. The molecular formula is C16H18O5. The first-order valence-corrected chi connectivity index (χ1v) is 6.01. The van der Waals surface area contributed by atoms with Crippen molar-refractivity contribution >= 4 is 11.9 Å². The van der Waals surface area contributed by atoms with Gasteiger partial charge in [0.25, 0.3) is 0 Å². The molecule has 0 spiro atoms. The summed E-state index contributed by atoms with van der Waals surface area (Å²) < 4.78 is 4.50. The van der Waals surface area contributed by atoms with Crippen LogP contribution in [0.5, 0.6) is 0 Å². The Morgan fingerprint density at radius 2 is 1.19 bits per heavy atom. The van der Waals surface area contributed by atoms with Gasteiger partial charge in [-0.15, -0.1) is 0 Å². The fourth-order valence-corrected chi connectivity index (χ4v) is 1.27. The van der Waals surface area contributed by atoms with E-state index in [9.17, 15) is 9.59 Å². The maximum atomic E-state index is 10.8. The monoisotopic (exact) mass is 290 g/mol. The van der Waals surface area contributed by atoms with Crippen molar-refractivity contribution < 1.29 is 24.5 Å². The molecule has 0 aliphatic heterocycles. The van der Waals surface area contributed by atoms with Crippen LogP contribution in [-0.2, 0) is 4.74 Å². The van der Waals surface area contributed by atoms with Crippen molar-refractivity contribution in [1.82, 2.24) is 0 Å². The fourth-order valence-electron chi connectivity index (χ4n) is 1.27. The topological polar surface area (TPSA) is 83.8 Å². The van der Waals surface area contributed by atoms with Gasteiger partial charge in [0.1, 0.15) is 0 Å². The molecule has 21 heavy (non-hydrogen) atoms. The van der Waals surface area contributed by atoms with Gasteiger partial charge in [-0.05, 0) is 24.3 Å². The van der Waals surface area contributed by atoms with Gasteiger partial charge in [0.05, 0.1) is 18.2 Å². The summed E-state index contributed by atoms with van der Waals surface area (Å²) in [5, 5.41) is 15.4. The molecule has 2 aromatic carbocycles. The van der Waals surface area contributed by atoms with Crippen molar-refractivity contribution in [2.75, 3.05) is 14.2 Å². The number of methoxy groups -OCH3 is 1. The third-order valence-corrected chi connectivity index (χ3v) is 2.22. The molecule has 5 nitrogen and oxygen atoms in total. The first-order valence-electron chi connectivity index (χ1n) is 6.01. The van der Waals surface area contributed by atoms with E-state index in [2.05, 4.69) is 4.74 Å². The van der Waals surface area contributed by atoms with Crippen LogP contribution < -0.4 is 0 Å². The van der Waals surface area contributed by atoms with Gasteiger partial charge >= 0.3 is 11.9 Å². The van der Waals surface area contributed by atoms with Crippen LogP contribution >= 0.6 is 0 Å². The summed E-state index contributed by atoms with van der Waals surface area (Å²) in [6.07, 6.45) is 0. The van der Waals surface area contributed by atoms with Gasteiger partial charge in [-0.25, -0.2) is 9.59 Å². The van der Waals surface area contributed by atoms with Crippen molar-refractivity contribution in [1.29, 1.82) is 0 Å². The van der Waals surface area contributed by atoms with Crippen LogP contribution in [0.15, 0.2) is 60.7 Å². The summed E-state index contributed by atoms with van der Waals surface area (Å²) in [6.45, 7) is 0. The SMILES string of the molecule is CO.COC(=O)c1ccccc1.O=C(O)c1ccccc1. The molecule has 0 unspecified atom stereocenters. The predicted octanol–water partition coefficient (Wildman–Crippen LogP) is 2.47. The van der Waals surface area contributed by atoms with Gasteiger partial charge in [-0.3, -0.25) is 0 Å². The second-order valence-corrected chi connectivity index (χ2v) is 3.53.